The maximum absolute atomic E-state index is 11.9. The molecular weight excluding hydrogens is 332 g/mol. The molecule has 7 heteroatoms. The first kappa shape index (κ1) is 16.0. The molecule has 0 atom stereocenters. The van der Waals surface area contributed by atoms with Crippen molar-refractivity contribution in [3.8, 4) is 22.8 Å². The van der Waals surface area contributed by atoms with Crippen LogP contribution in [0, 0.1) is 0 Å². The van der Waals surface area contributed by atoms with Crippen LogP contribution in [-0.4, -0.2) is 32.1 Å². The number of nitrogens with zero attached hydrogens (tertiary/aromatic N) is 4. The number of fused-ring (bicyclic) bond motifs is 1. The van der Waals surface area contributed by atoms with Crippen LogP contribution in [0.2, 0.25) is 0 Å². The van der Waals surface area contributed by atoms with Gasteiger partial charge in [-0.25, -0.2) is 19.7 Å². The average molecular weight is 348 g/mol. The lowest BCUT2D eigenvalue weighted by Crippen LogP contribution is -2.06. The van der Waals surface area contributed by atoms with Gasteiger partial charge in [0, 0.05) is 36.8 Å². The van der Waals surface area contributed by atoms with E-state index in [1.165, 1.54) is 6.20 Å². The number of aromatic nitrogens is 4. The number of carbonyl (C=O) groups is 1. The van der Waals surface area contributed by atoms with Crippen molar-refractivity contribution in [1.29, 1.82) is 0 Å². The molecule has 0 aliphatic rings. The third-order valence-corrected chi connectivity index (χ3v) is 3.96. The highest BCUT2D eigenvalue weighted by Gasteiger charge is 2.14. The van der Waals surface area contributed by atoms with Gasteiger partial charge in [-0.15, -0.1) is 0 Å². The van der Waals surface area contributed by atoms with Crippen LogP contribution in [-0.2, 0) is 11.8 Å². The molecule has 0 bridgehead atoms. The van der Waals surface area contributed by atoms with Crippen LogP contribution in [0.4, 0.5) is 0 Å². The summed E-state index contributed by atoms with van der Waals surface area (Å²) in [6, 6.07) is 9.10. The maximum Gasteiger partial charge on any atom is 0.356 e. The number of hydrogen-bond acceptors (Lipinski definition) is 6. The molecule has 0 aliphatic carbocycles. The van der Waals surface area contributed by atoms with Crippen molar-refractivity contribution in [3.05, 3.63) is 54.6 Å². The number of pyridine rings is 1. The van der Waals surface area contributed by atoms with Crippen molar-refractivity contribution in [3.63, 3.8) is 0 Å². The van der Waals surface area contributed by atoms with Crippen LogP contribution in [0.3, 0.4) is 0 Å². The Hall–Kier alpha value is -3.48. The Morgan fingerprint density at radius 2 is 2.04 bits per heavy atom. The fraction of sp³-hybridized carbons (Fsp3) is 0.158. The number of esters is 1. The van der Waals surface area contributed by atoms with Crippen LogP contribution >= 0.6 is 0 Å². The number of ether oxygens (including phenoxy) is 1. The van der Waals surface area contributed by atoms with Crippen molar-refractivity contribution in [2.45, 2.75) is 6.92 Å². The first-order valence-electron chi connectivity index (χ1n) is 8.17. The van der Waals surface area contributed by atoms with Gasteiger partial charge in [0.15, 0.2) is 5.58 Å². The molecule has 3 aromatic heterocycles. The molecule has 4 aromatic rings. The zero-order valence-corrected chi connectivity index (χ0v) is 14.3. The molecule has 0 N–H and O–H groups in total. The summed E-state index contributed by atoms with van der Waals surface area (Å²) in [4.78, 5) is 24.8. The zero-order valence-electron chi connectivity index (χ0n) is 14.3. The van der Waals surface area contributed by atoms with Gasteiger partial charge in [0.25, 0.3) is 0 Å². The van der Waals surface area contributed by atoms with Crippen LogP contribution in [0.25, 0.3) is 33.9 Å². The van der Waals surface area contributed by atoms with Gasteiger partial charge in [0.05, 0.1) is 6.61 Å². The average Bonchev–Trinajstić information content (AvgIpc) is 3.27. The Balaban J connectivity index is 1.73. The third-order valence-electron chi connectivity index (χ3n) is 3.96. The zero-order chi connectivity index (χ0) is 18.1. The van der Waals surface area contributed by atoms with Gasteiger partial charge in [-0.05, 0) is 37.3 Å². The first-order valence-corrected chi connectivity index (χ1v) is 8.17. The highest BCUT2D eigenvalue weighted by Crippen LogP contribution is 2.28. The molecule has 0 fully saturated rings. The Labute approximate surface area is 149 Å². The van der Waals surface area contributed by atoms with E-state index in [9.17, 15) is 4.79 Å². The minimum absolute atomic E-state index is 0.223. The fourth-order valence-corrected chi connectivity index (χ4v) is 2.71. The monoisotopic (exact) mass is 348 g/mol. The lowest BCUT2D eigenvalue weighted by molar-refractivity contribution is 0.0519. The van der Waals surface area contributed by atoms with Crippen LogP contribution in [0.5, 0.6) is 0 Å². The summed E-state index contributed by atoms with van der Waals surface area (Å²) in [6.07, 6.45) is 5.17. The van der Waals surface area contributed by atoms with Crippen molar-refractivity contribution in [2.24, 2.45) is 7.05 Å². The summed E-state index contributed by atoms with van der Waals surface area (Å²) in [5, 5.41) is 0. The molecule has 0 saturated heterocycles. The maximum atomic E-state index is 11.9. The number of rotatable bonds is 4. The Bertz CT molecular complexity index is 1100. The molecule has 0 spiro atoms. The van der Waals surface area contributed by atoms with E-state index in [1.807, 2.05) is 36.0 Å². The Morgan fingerprint density at radius 3 is 2.81 bits per heavy atom. The van der Waals surface area contributed by atoms with E-state index in [4.69, 9.17) is 9.15 Å². The van der Waals surface area contributed by atoms with Crippen molar-refractivity contribution >= 4 is 17.1 Å². The third kappa shape index (κ3) is 2.83. The van der Waals surface area contributed by atoms with E-state index in [0.29, 0.717) is 23.6 Å². The lowest BCUT2D eigenvalue weighted by Gasteiger charge is -2.01. The SMILES string of the molecule is CCOC(=O)c1cc(-c2nc3ccc(-c4nccn4C)cc3o2)ccn1. The molecule has 0 amide bonds. The molecule has 0 aliphatic heterocycles. The van der Waals surface area contributed by atoms with E-state index in [2.05, 4.69) is 15.0 Å². The fourth-order valence-electron chi connectivity index (χ4n) is 2.71. The van der Waals surface area contributed by atoms with Gasteiger partial charge in [-0.2, -0.15) is 0 Å². The van der Waals surface area contributed by atoms with Crippen molar-refractivity contribution in [1.82, 2.24) is 19.5 Å². The molecular formula is C19H16N4O3. The van der Waals surface area contributed by atoms with Gasteiger partial charge in [0.2, 0.25) is 5.89 Å². The van der Waals surface area contributed by atoms with Crippen LogP contribution in [0.1, 0.15) is 17.4 Å². The van der Waals surface area contributed by atoms with Crippen LogP contribution in [0.15, 0.2) is 53.3 Å². The van der Waals surface area contributed by atoms with Gasteiger partial charge in [0.1, 0.15) is 17.0 Å². The highest BCUT2D eigenvalue weighted by molar-refractivity contribution is 5.89. The van der Waals surface area contributed by atoms with E-state index < -0.39 is 5.97 Å². The minimum atomic E-state index is -0.470. The number of aryl methyl sites for hydroxylation is 1. The van der Waals surface area contributed by atoms with Gasteiger partial charge < -0.3 is 13.7 Å². The number of benzene rings is 1. The van der Waals surface area contributed by atoms with Crippen LogP contribution < -0.4 is 0 Å². The largest absolute Gasteiger partial charge is 0.461 e. The summed E-state index contributed by atoms with van der Waals surface area (Å²) in [5.74, 6) is 0.797. The molecule has 4 rings (SSSR count). The predicted molar refractivity (Wildman–Crippen MR) is 95.4 cm³/mol. The lowest BCUT2D eigenvalue weighted by atomic mass is 10.2. The topological polar surface area (TPSA) is 83.0 Å². The molecule has 7 nitrogen and oxygen atoms in total. The number of oxazole rings is 1. The van der Waals surface area contributed by atoms with Crippen molar-refractivity contribution < 1.29 is 13.9 Å². The number of carbonyl (C=O) groups excluding carboxylic acids is 1. The minimum Gasteiger partial charge on any atom is -0.461 e. The predicted octanol–water partition coefficient (Wildman–Crippen LogP) is 3.47. The molecule has 26 heavy (non-hydrogen) atoms. The van der Waals surface area contributed by atoms with Gasteiger partial charge >= 0.3 is 5.97 Å². The summed E-state index contributed by atoms with van der Waals surface area (Å²) < 4.78 is 12.8. The summed E-state index contributed by atoms with van der Waals surface area (Å²) >= 11 is 0. The summed E-state index contributed by atoms with van der Waals surface area (Å²) in [5.41, 5.74) is 3.20. The van der Waals surface area contributed by atoms with Crippen molar-refractivity contribution in [2.75, 3.05) is 6.61 Å². The highest BCUT2D eigenvalue weighted by atomic mass is 16.5. The van der Waals surface area contributed by atoms with Gasteiger partial charge in [-0.1, -0.05) is 0 Å². The van der Waals surface area contributed by atoms with Gasteiger partial charge in [-0.3, -0.25) is 0 Å². The Morgan fingerprint density at radius 1 is 1.15 bits per heavy atom. The first-order chi connectivity index (χ1) is 12.7. The number of imidazole rings is 1. The Kier molecular flexibility index (Phi) is 3.96. The smallest absolute Gasteiger partial charge is 0.356 e. The standard InChI is InChI=1S/C19H16N4O3/c1-3-25-19(24)15-10-13(6-7-20-15)18-22-14-5-4-12(11-16(14)26-18)17-21-8-9-23(17)2/h4-11H,3H2,1-2H3. The van der Waals surface area contributed by atoms with E-state index in [1.54, 1.807) is 25.3 Å². The molecule has 0 unspecified atom stereocenters. The summed E-state index contributed by atoms with van der Waals surface area (Å²) in [6.45, 7) is 2.05. The number of hydrogen-bond donors (Lipinski definition) is 0. The molecule has 1 aromatic carbocycles. The quantitative estimate of drug-likeness (QED) is 0.525. The molecule has 3 heterocycles. The molecule has 0 radical (unpaired) electrons. The molecule has 0 saturated carbocycles. The second-order valence-corrected chi connectivity index (χ2v) is 5.71. The van der Waals surface area contributed by atoms with E-state index in [0.717, 1.165) is 16.9 Å². The normalized spacial score (nSPS) is 11.0. The van der Waals surface area contributed by atoms with E-state index >= 15 is 0 Å². The summed E-state index contributed by atoms with van der Waals surface area (Å²) in [7, 11) is 1.94. The second kappa shape index (κ2) is 6.44. The van der Waals surface area contributed by atoms with E-state index in [-0.39, 0.29) is 5.69 Å². The second-order valence-electron chi connectivity index (χ2n) is 5.71. The molecule has 130 valence electrons.